The third kappa shape index (κ3) is 2.42. The zero-order valence-corrected chi connectivity index (χ0v) is 15.2. The molecule has 0 nitrogen and oxygen atoms in total. The van der Waals surface area contributed by atoms with Gasteiger partial charge < -0.3 is 0 Å². The molecule has 0 spiro atoms. The zero-order chi connectivity index (χ0) is 16.8. The average Bonchev–Trinajstić information content (AvgIpc) is 3.07. The number of unbranched alkanes of at least 4 members (excludes halogenated alkanes) is 1. The Labute approximate surface area is 151 Å². The summed E-state index contributed by atoms with van der Waals surface area (Å²) in [4.78, 5) is 1.52. The monoisotopic (exact) mass is 340 g/mol. The van der Waals surface area contributed by atoms with Crippen LogP contribution in [0.2, 0.25) is 0 Å². The average molecular weight is 340 g/mol. The lowest BCUT2D eigenvalue weighted by Gasteiger charge is -2.07. The van der Waals surface area contributed by atoms with Crippen LogP contribution in [0, 0.1) is 0 Å². The topological polar surface area (TPSA) is 0 Å². The molecule has 1 heterocycles. The van der Waals surface area contributed by atoms with E-state index in [0.717, 1.165) is 0 Å². The summed E-state index contributed by atoms with van der Waals surface area (Å²) in [7, 11) is 0. The highest BCUT2D eigenvalue weighted by Crippen LogP contribution is 2.37. The normalized spacial score (nSPS) is 11.9. The van der Waals surface area contributed by atoms with Crippen LogP contribution in [0.3, 0.4) is 0 Å². The molecule has 0 amide bonds. The maximum absolute atomic E-state index is 2.39. The molecule has 0 saturated carbocycles. The standard InChI is InChI=1S/C24H20S/c1-2-3-8-20-14-19-10-11-21-22(24(19)25-20)12-9-18-13-16-6-4-5-7-17(16)15-23(18)21/h4-7,9-15H,2-3,8H2,1H3. The Morgan fingerprint density at radius 1 is 0.680 bits per heavy atom. The number of thiophene rings is 1. The SMILES string of the molecule is CCCCc1cc2ccc3c4cc5ccccc5cc4ccc3c2s1. The van der Waals surface area contributed by atoms with Crippen LogP contribution in [0.5, 0.6) is 0 Å². The lowest BCUT2D eigenvalue weighted by atomic mass is 9.97. The Balaban J connectivity index is 1.81. The lowest BCUT2D eigenvalue weighted by Crippen LogP contribution is -1.80. The van der Waals surface area contributed by atoms with Crippen LogP contribution in [0.25, 0.3) is 42.4 Å². The quantitative estimate of drug-likeness (QED) is 0.233. The highest BCUT2D eigenvalue weighted by molar-refractivity contribution is 7.20. The fourth-order valence-corrected chi connectivity index (χ4v) is 5.08. The minimum atomic E-state index is 1.20. The van der Waals surface area contributed by atoms with Gasteiger partial charge in [-0.3, -0.25) is 0 Å². The predicted octanol–water partition coefficient (Wildman–Crippen LogP) is 7.70. The molecule has 0 aliphatic carbocycles. The minimum Gasteiger partial charge on any atom is -0.140 e. The lowest BCUT2D eigenvalue weighted by molar-refractivity contribution is 0.804. The third-order valence-electron chi connectivity index (χ3n) is 5.19. The Morgan fingerprint density at radius 2 is 1.44 bits per heavy atom. The first-order chi connectivity index (χ1) is 12.3. The molecular weight excluding hydrogens is 320 g/mol. The maximum atomic E-state index is 2.39. The molecule has 0 N–H and O–H groups in total. The van der Waals surface area contributed by atoms with Gasteiger partial charge in [0.15, 0.2) is 0 Å². The van der Waals surface area contributed by atoms with Crippen LogP contribution in [-0.4, -0.2) is 0 Å². The van der Waals surface area contributed by atoms with Crippen LogP contribution in [0.4, 0.5) is 0 Å². The summed E-state index contributed by atoms with van der Waals surface area (Å²) in [5, 5.41) is 9.48. The second-order valence-electron chi connectivity index (χ2n) is 6.88. The van der Waals surface area contributed by atoms with Gasteiger partial charge in [0.1, 0.15) is 0 Å². The first kappa shape index (κ1) is 14.9. The van der Waals surface area contributed by atoms with Gasteiger partial charge in [-0.05, 0) is 63.4 Å². The molecule has 0 unspecified atom stereocenters. The summed E-state index contributed by atoms with van der Waals surface area (Å²) >= 11 is 1.98. The van der Waals surface area contributed by atoms with E-state index in [1.807, 2.05) is 11.3 Å². The number of aryl methyl sites for hydroxylation is 1. The molecule has 0 atom stereocenters. The molecule has 0 aliphatic heterocycles. The van der Waals surface area contributed by atoms with Crippen LogP contribution in [0.15, 0.2) is 66.7 Å². The van der Waals surface area contributed by atoms with Crippen molar-refractivity contribution in [2.75, 3.05) is 0 Å². The smallest absolute Gasteiger partial charge is 0.0424 e. The molecule has 122 valence electrons. The van der Waals surface area contributed by atoms with Crippen LogP contribution in [0.1, 0.15) is 24.6 Å². The maximum Gasteiger partial charge on any atom is 0.0424 e. The molecule has 1 heteroatoms. The van der Waals surface area contributed by atoms with Gasteiger partial charge in [-0.2, -0.15) is 0 Å². The van der Waals surface area contributed by atoms with Crippen molar-refractivity contribution >= 4 is 53.7 Å². The highest BCUT2D eigenvalue weighted by atomic mass is 32.1. The van der Waals surface area contributed by atoms with Crippen molar-refractivity contribution in [2.24, 2.45) is 0 Å². The Hall–Kier alpha value is -2.38. The first-order valence-electron chi connectivity index (χ1n) is 9.10. The van der Waals surface area contributed by atoms with E-state index in [4.69, 9.17) is 0 Å². The molecule has 4 aromatic carbocycles. The van der Waals surface area contributed by atoms with E-state index in [1.54, 1.807) is 0 Å². The van der Waals surface area contributed by atoms with Crippen molar-refractivity contribution in [3.8, 4) is 0 Å². The van der Waals surface area contributed by atoms with E-state index in [2.05, 4.69) is 73.7 Å². The van der Waals surface area contributed by atoms with Crippen molar-refractivity contribution in [3.63, 3.8) is 0 Å². The fourth-order valence-electron chi connectivity index (χ4n) is 3.85. The van der Waals surface area contributed by atoms with Gasteiger partial charge >= 0.3 is 0 Å². The van der Waals surface area contributed by atoms with Crippen LogP contribution in [-0.2, 0) is 6.42 Å². The van der Waals surface area contributed by atoms with Crippen molar-refractivity contribution in [3.05, 3.63) is 71.6 Å². The van der Waals surface area contributed by atoms with Gasteiger partial charge in [0, 0.05) is 15.0 Å². The molecule has 5 rings (SSSR count). The van der Waals surface area contributed by atoms with Crippen molar-refractivity contribution in [1.29, 1.82) is 0 Å². The second-order valence-corrected chi connectivity index (χ2v) is 8.02. The highest BCUT2D eigenvalue weighted by Gasteiger charge is 2.09. The molecule has 0 aliphatic rings. The Morgan fingerprint density at radius 3 is 2.28 bits per heavy atom. The first-order valence-corrected chi connectivity index (χ1v) is 9.92. The van der Waals surface area contributed by atoms with E-state index in [1.165, 1.54) is 66.5 Å². The Bertz CT molecular complexity index is 1230. The molecule has 5 aromatic rings. The van der Waals surface area contributed by atoms with E-state index in [-0.39, 0.29) is 0 Å². The van der Waals surface area contributed by atoms with E-state index < -0.39 is 0 Å². The van der Waals surface area contributed by atoms with Crippen molar-refractivity contribution < 1.29 is 0 Å². The molecule has 0 saturated heterocycles. The van der Waals surface area contributed by atoms with Crippen LogP contribution < -0.4 is 0 Å². The molecule has 0 fully saturated rings. The van der Waals surface area contributed by atoms with Crippen molar-refractivity contribution in [1.82, 2.24) is 0 Å². The summed E-state index contributed by atoms with van der Waals surface area (Å²) in [6, 6.07) is 24.9. The largest absolute Gasteiger partial charge is 0.140 e. The van der Waals surface area contributed by atoms with Crippen LogP contribution >= 0.6 is 11.3 Å². The van der Waals surface area contributed by atoms with E-state index >= 15 is 0 Å². The molecule has 25 heavy (non-hydrogen) atoms. The van der Waals surface area contributed by atoms with Gasteiger partial charge in [-0.25, -0.2) is 0 Å². The number of fused-ring (bicyclic) bond motifs is 6. The Kier molecular flexibility index (Phi) is 3.50. The van der Waals surface area contributed by atoms with Gasteiger partial charge in [0.05, 0.1) is 0 Å². The summed E-state index contributed by atoms with van der Waals surface area (Å²) < 4.78 is 1.44. The van der Waals surface area contributed by atoms with Gasteiger partial charge in [0.25, 0.3) is 0 Å². The molecule has 0 bridgehead atoms. The number of hydrogen-bond acceptors (Lipinski definition) is 1. The minimum absolute atomic E-state index is 1.20. The summed E-state index contributed by atoms with van der Waals surface area (Å²) in [5.41, 5.74) is 0. The summed E-state index contributed by atoms with van der Waals surface area (Å²) in [6.45, 7) is 2.26. The van der Waals surface area contributed by atoms with E-state index in [9.17, 15) is 0 Å². The fraction of sp³-hybridized carbons (Fsp3) is 0.167. The van der Waals surface area contributed by atoms with E-state index in [0.29, 0.717) is 0 Å². The zero-order valence-electron chi connectivity index (χ0n) is 14.4. The second kappa shape index (κ2) is 5.86. The van der Waals surface area contributed by atoms with Gasteiger partial charge in [0.2, 0.25) is 0 Å². The molecule has 1 aromatic heterocycles. The number of benzene rings is 4. The third-order valence-corrected chi connectivity index (χ3v) is 6.43. The summed E-state index contributed by atoms with van der Waals surface area (Å²) in [6.07, 6.45) is 3.74. The summed E-state index contributed by atoms with van der Waals surface area (Å²) in [5.74, 6) is 0. The van der Waals surface area contributed by atoms with Gasteiger partial charge in [-0.1, -0.05) is 61.9 Å². The van der Waals surface area contributed by atoms with Gasteiger partial charge in [-0.15, -0.1) is 11.3 Å². The predicted molar refractivity (Wildman–Crippen MR) is 113 cm³/mol. The number of hydrogen-bond donors (Lipinski definition) is 0. The molecular formula is C24H20S. The van der Waals surface area contributed by atoms with Crippen molar-refractivity contribution in [2.45, 2.75) is 26.2 Å². The molecule has 0 radical (unpaired) electrons. The number of rotatable bonds is 3.